The van der Waals surface area contributed by atoms with Gasteiger partial charge in [-0.1, -0.05) is 0 Å². The lowest BCUT2D eigenvalue weighted by Crippen LogP contribution is -2.30. The molecule has 7 nitrogen and oxygen atoms in total. The molecule has 7 heteroatoms. The van der Waals surface area contributed by atoms with Crippen LogP contribution >= 0.6 is 0 Å². The van der Waals surface area contributed by atoms with Crippen LogP contribution in [0.25, 0.3) is 0 Å². The molecule has 1 rings (SSSR count). The van der Waals surface area contributed by atoms with E-state index in [1.54, 1.807) is 31.4 Å². The van der Waals surface area contributed by atoms with E-state index in [0.717, 1.165) is 0 Å². The van der Waals surface area contributed by atoms with Crippen molar-refractivity contribution in [3.8, 4) is 0 Å². The van der Waals surface area contributed by atoms with Crippen molar-refractivity contribution in [1.29, 1.82) is 0 Å². The minimum atomic E-state index is -0.261. The van der Waals surface area contributed by atoms with Crippen molar-refractivity contribution in [2.24, 2.45) is 0 Å². The van der Waals surface area contributed by atoms with E-state index in [9.17, 15) is 9.59 Å². The van der Waals surface area contributed by atoms with E-state index in [4.69, 9.17) is 9.84 Å². The topological polar surface area (TPSA) is 99.7 Å². The quantitative estimate of drug-likeness (QED) is 0.464. The number of benzene rings is 1. The number of methoxy groups -OCH3 is 1. The maximum absolute atomic E-state index is 11.6. The fraction of sp³-hybridized carbons (Fsp3) is 0.429. The van der Waals surface area contributed by atoms with Crippen molar-refractivity contribution in [2.45, 2.75) is 0 Å². The predicted molar refractivity (Wildman–Crippen MR) is 79.2 cm³/mol. The van der Waals surface area contributed by atoms with Crippen LogP contribution < -0.4 is 16.0 Å². The lowest BCUT2D eigenvalue weighted by atomic mass is 10.2. The van der Waals surface area contributed by atoms with Gasteiger partial charge in [0.1, 0.15) is 0 Å². The molecule has 0 unspecified atom stereocenters. The Bertz CT molecular complexity index is 448. The maximum atomic E-state index is 11.6. The average molecular weight is 295 g/mol. The normalized spacial score (nSPS) is 10.2. The Morgan fingerprint density at radius 2 is 1.90 bits per heavy atom. The number of anilines is 1. The van der Waals surface area contributed by atoms with Crippen molar-refractivity contribution in [3.63, 3.8) is 0 Å². The molecule has 0 radical (unpaired) electrons. The number of nitrogens with one attached hydrogen (secondary N) is 3. The minimum Gasteiger partial charge on any atom is -0.395 e. The first kappa shape index (κ1) is 17.1. The highest BCUT2D eigenvalue weighted by molar-refractivity contribution is 5.96. The van der Waals surface area contributed by atoms with Gasteiger partial charge in [0.05, 0.1) is 19.8 Å². The summed E-state index contributed by atoms with van der Waals surface area (Å²) < 4.78 is 4.86. The van der Waals surface area contributed by atoms with Gasteiger partial charge in [-0.3, -0.25) is 9.59 Å². The number of hydrogen-bond donors (Lipinski definition) is 4. The molecule has 1 aromatic carbocycles. The molecule has 0 spiro atoms. The minimum absolute atomic E-state index is 0.101. The monoisotopic (exact) mass is 295 g/mol. The maximum Gasteiger partial charge on any atom is 0.251 e. The van der Waals surface area contributed by atoms with Crippen LogP contribution in [0.3, 0.4) is 0 Å². The van der Waals surface area contributed by atoms with E-state index >= 15 is 0 Å². The average Bonchev–Trinajstić information content (AvgIpc) is 2.50. The Balaban J connectivity index is 2.39. The second-order valence-corrected chi connectivity index (χ2v) is 4.27. The van der Waals surface area contributed by atoms with Crippen molar-refractivity contribution in [3.05, 3.63) is 29.8 Å². The molecule has 0 bridgehead atoms. The number of carbonyl (C=O) groups excluding carboxylic acids is 2. The second-order valence-electron chi connectivity index (χ2n) is 4.27. The van der Waals surface area contributed by atoms with E-state index in [1.165, 1.54) is 0 Å². The summed E-state index contributed by atoms with van der Waals surface area (Å²) >= 11 is 0. The first-order valence-corrected chi connectivity index (χ1v) is 6.66. The van der Waals surface area contributed by atoms with Gasteiger partial charge in [0.2, 0.25) is 5.91 Å². The molecule has 0 saturated heterocycles. The first-order valence-electron chi connectivity index (χ1n) is 6.66. The zero-order valence-corrected chi connectivity index (χ0v) is 12.0. The van der Waals surface area contributed by atoms with Gasteiger partial charge < -0.3 is 25.8 Å². The largest absolute Gasteiger partial charge is 0.395 e. The summed E-state index contributed by atoms with van der Waals surface area (Å²) in [5.41, 5.74) is 1.09. The summed E-state index contributed by atoms with van der Waals surface area (Å²) in [6.45, 7) is 1.46. The van der Waals surface area contributed by atoms with Gasteiger partial charge in [-0.05, 0) is 24.3 Å². The van der Waals surface area contributed by atoms with Crippen LogP contribution in [0, 0.1) is 0 Å². The zero-order valence-electron chi connectivity index (χ0n) is 12.0. The summed E-state index contributed by atoms with van der Waals surface area (Å²) in [5, 5.41) is 16.8. The Kier molecular flexibility index (Phi) is 8.03. The van der Waals surface area contributed by atoms with Crippen LogP contribution in [-0.2, 0) is 9.53 Å². The number of aliphatic hydroxyl groups excluding tert-OH is 1. The van der Waals surface area contributed by atoms with Crippen molar-refractivity contribution >= 4 is 17.5 Å². The van der Waals surface area contributed by atoms with Crippen LogP contribution in [0.15, 0.2) is 24.3 Å². The van der Waals surface area contributed by atoms with E-state index in [2.05, 4.69) is 16.0 Å². The summed E-state index contributed by atoms with van der Waals surface area (Å²) in [5.74, 6) is -0.424. The molecule has 4 N–H and O–H groups in total. The van der Waals surface area contributed by atoms with Gasteiger partial charge >= 0.3 is 0 Å². The molecule has 0 aliphatic carbocycles. The van der Waals surface area contributed by atoms with Gasteiger partial charge in [0.25, 0.3) is 5.91 Å². The molecule has 116 valence electrons. The van der Waals surface area contributed by atoms with Crippen LogP contribution in [0.5, 0.6) is 0 Å². The van der Waals surface area contributed by atoms with E-state index < -0.39 is 0 Å². The van der Waals surface area contributed by atoms with E-state index in [0.29, 0.717) is 24.4 Å². The molecular weight excluding hydrogens is 274 g/mol. The highest BCUT2D eigenvalue weighted by Gasteiger charge is 2.05. The Labute approximate surface area is 123 Å². The highest BCUT2D eigenvalue weighted by Crippen LogP contribution is 2.09. The highest BCUT2D eigenvalue weighted by atomic mass is 16.5. The van der Waals surface area contributed by atoms with Gasteiger partial charge in [0.15, 0.2) is 0 Å². The summed E-state index contributed by atoms with van der Waals surface area (Å²) in [6, 6.07) is 6.53. The number of amides is 2. The van der Waals surface area contributed by atoms with Gasteiger partial charge in [0, 0.05) is 31.5 Å². The predicted octanol–water partition coefficient (Wildman–Crippen LogP) is -0.417. The molecule has 0 fully saturated rings. The lowest BCUT2D eigenvalue weighted by molar-refractivity contribution is -0.115. The molecular formula is C14H21N3O4. The number of ether oxygens (including phenoxy) is 1. The van der Waals surface area contributed by atoms with Gasteiger partial charge in [-0.2, -0.15) is 0 Å². The molecule has 0 atom stereocenters. The molecule has 0 heterocycles. The first-order chi connectivity index (χ1) is 10.2. The number of rotatable bonds is 9. The Morgan fingerprint density at radius 1 is 1.19 bits per heavy atom. The van der Waals surface area contributed by atoms with Gasteiger partial charge in [-0.15, -0.1) is 0 Å². The Hall–Kier alpha value is -1.96. The fourth-order valence-electron chi connectivity index (χ4n) is 1.56. The third kappa shape index (κ3) is 6.84. The Morgan fingerprint density at radius 3 is 2.52 bits per heavy atom. The number of aliphatic hydroxyl groups is 1. The second kappa shape index (κ2) is 9.87. The molecule has 0 aliphatic rings. The summed E-state index contributed by atoms with van der Waals surface area (Å²) in [6.07, 6.45) is 0. The van der Waals surface area contributed by atoms with Crippen LogP contribution in [0.1, 0.15) is 10.4 Å². The SMILES string of the molecule is COCCNCC(=O)Nc1ccc(C(=O)NCCO)cc1. The standard InChI is InChI=1S/C14H21N3O4/c1-21-9-7-15-10-13(19)17-12-4-2-11(3-5-12)14(20)16-6-8-18/h2-5,15,18H,6-10H2,1H3,(H,16,20)(H,17,19). The lowest BCUT2D eigenvalue weighted by Gasteiger charge is -2.08. The van der Waals surface area contributed by atoms with Gasteiger partial charge in [-0.25, -0.2) is 0 Å². The van der Waals surface area contributed by atoms with Crippen molar-refractivity contribution in [2.75, 3.05) is 45.3 Å². The summed E-state index contributed by atoms with van der Waals surface area (Å²) in [4.78, 5) is 23.2. The zero-order chi connectivity index (χ0) is 15.5. The van der Waals surface area contributed by atoms with Crippen LogP contribution in [0.2, 0.25) is 0 Å². The molecule has 0 aromatic heterocycles. The van der Waals surface area contributed by atoms with Crippen LogP contribution in [0.4, 0.5) is 5.69 Å². The van der Waals surface area contributed by atoms with E-state index in [1.807, 2.05) is 0 Å². The third-order valence-electron chi connectivity index (χ3n) is 2.60. The third-order valence-corrected chi connectivity index (χ3v) is 2.60. The molecule has 0 aliphatic heterocycles. The fourth-order valence-corrected chi connectivity index (χ4v) is 1.56. The van der Waals surface area contributed by atoms with Crippen LogP contribution in [-0.4, -0.2) is 56.9 Å². The number of hydrogen-bond acceptors (Lipinski definition) is 5. The molecule has 2 amide bonds. The van der Waals surface area contributed by atoms with Crippen molar-refractivity contribution in [1.82, 2.24) is 10.6 Å². The van der Waals surface area contributed by atoms with E-state index in [-0.39, 0.29) is 31.5 Å². The smallest absolute Gasteiger partial charge is 0.251 e. The summed E-state index contributed by atoms with van der Waals surface area (Å²) in [7, 11) is 1.60. The molecule has 0 saturated carbocycles. The molecule has 1 aromatic rings. The van der Waals surface area contributed by atoms with Crippen molar-refractivity contribution < 1.29 is 19.4 Å². The number of carbonyl (C=O) groups is 2. The molecule has 21 heavy (non-hydrogen) atoms.